The number of ketones is 1. The SMILES string of the molecule is O=C(c1ccc(OCCC2CCCCN2)cc1)c1c(-c2cccc(F)c2F)ccc2cc(O)ccc12. The van der Waals surface area contributed by atoms with Gasteiger partial charge >= 0.3 is 0 Å². The van der Waals surface area contributed by atoms with Gasteiger partial charge in [0.1, 0.15) is 11.5 Å². The van der Waals surface area contributed by atoms with Crippen LogP contribution in [0.1, 0.15) is 41.6 Å². The lowest BCUT2D eigenvalue weighted by Crippen LogP contribution is -2.35. The van der Waals surface area contributed by atoms with E-state index >= 15 is 0 Å². The monoisotopic (exact) mass is 487 g/mol. The minimum absolute atomic E-state index is 0.00426. The molecule has 0 bridgehead atoms. The van der Waals surface area contributed by atoms with Crippen LogP contribution in [0, 0.1) is 11.6 Å². The van der Waals surface area contributed by atoms with Gasteiger partial charge in [-0.3, -0.25) is 4.79 Å². The number of hydrogen-bond acceptors (Lipinski definition) is 4. The maximum absolute atomic E-state index is 14.8. The number of aromatic hydroxyl groups is 1. The first kappa shape index (κ1) is 23.9. The molecule has 4 nitrogen and oxygen atoms in total. The second kappa shape index (κ2) is 10.5. The highest BCUT2D eigenvalue weighted by Crippen LogP contribution is 2.35. The van der Waals surface area contributed by atoms with Gasteiger partial charge in [-0.25, -0.2) is 8.78 Å². The summed E-state index contributed by atoms with van der Waals surface area (Å²) >= 11 is 0. The van der Waals surface area contributed by atoms with Gasteiger partial charge in [0.05, 0.1) is 6.61 Å². The Bertz CT molecular complexity index is 1400. The number of fused-ring (bicyclic) bond motifs is 1. The number of nitrogens with one attached hydrogen (secondary N) is 1. The molecule has 5 rings (SSSR count). The molecule has 4 aromatic rings. The van der Waals surface area contributed by atoms with Crippen molar-refractivity contribution < 1.29 is 23.4 Å². The number of benzene rings is 4. The fraction of sp³-hybridized carbons (Fsp3) is 0.233. The molecule has 184 valence electrons. The number of ether oxygens (including phenoxy) is 1. The summed E-state index contributed by atoms with van der Waals surface area (Å²) in [6.07, 6.45) is 4.54. The van der Waals surface area contributed by atoms with E-state index < -0.39 is 11.6 Å². The van der Waals surface area contributed by atoms with Crippen LogP contribution in [0.5, 0.6) is 11.5 Å². The van der Waals surface area contributed by atoms with Gasteiger partial charge in [-0.2, -0.15) is 0 Å². The van der Waals surface area contributed by atoms with E-state index in [1.807, 2.05) is 0 Å². The Morgan fingerprint density at radius 1 is 0.972 bits per heavy atom. The molecule has 2 N–H and O–H groups in total. The topological polar surface area (TPSA) is 58.6 Å². The van der Waals surface area contributed by atoms with E-state index in [9.17, 15) is 18.7 Å². The number of hydrogen-bond donors (Lipinski definition) is 2. The number of phenolic OH excluding ortho intramolecular Hbond substituents is 1. The molecular formula is C30H27F2NO3. The van der Waals surface area contributed by atoms with Crippen molar-refractivity contribution in [2.24, 2.45) is 0 Å². The van der Waals surface area contributed by atoms with Gasteiger partial charge in [0, 0.05) is 22.7 Å². The lowest BCUT2D eigenvalue weighted by molar-refractivity contribution is 0.104. The molecule has 1 heterocycles. The van der Waals surface area contributed by atoms with E-state index in [0.29, 0.717) is 34.7 Å². The number of rotatable bonds is 7. The van der Waals surface area contributed by atoms with Crippen LogP contribution in [0.3, 0.4) is 0 Å². The van der Waals surface area contributed by atoms with Gasteiger partial charge < -0.3 is 15.2 Å². The highest BCUT2D eigenvalue weighted by atomic mass is 19.2. The van der Waals surface area contributed by atoms with Gasteiger partial charge in [0.25, 0.3) is 0 Å². The summed E-state index contributed by atoms with van der Waals surface area (Å²) in [5.41, 5.74) is 0.934. The molecule has 0 radical (unpaired) electrons. The lowest BCUT2D eigenvalue weighted by atomic mass is 9.89. The van der Waals surface area contributed by atoms with E-state index in [4.69, 9.17) is 4.74 Å². The summed E-state index contributed by atoms with van der Waals surface area (Å²) in [4.78, 5) is 13.7. The van der Waals surface area contributed by atoms with Crippen molar-refractivity contribution in [3.05, 3.63) is 95.6 Å². The molecule has 0 spiro atoms. The molecule has 36 heavy (non-hydrogen) atoms. The Kier molecular flexibility index (Phi) is 6.96. The van der Waals surface area contributed by atoms with Gasteiger partial charge in [-0.15, -0.1) is 0 Å². The fourth-order valence-corrected chi connectivity index (χ4v) is 4.83. The molecule has 6 heteroatoms. The zero-order valence-electron chi connectivity index (χ0n) is 19.8. The van der Waals surface area contributed by atoms with Crippen molar-refractivity contribution in [2.45, 2.75) is 31.7 Å². The van der Waals surface area contributed by atoms with Crippen molar-refractivity contribution in [3.63, 3.8) is 0 Å². The van der Waals surface area contributed by atoms with Crippen LogP contribution in [0.4, 0.5) is 8.78 Å². The third-order valence-corrected chi connectivity index (χ3v) is 6.74. The molecule has 1 saturated heterocycles. The third-order valence-electron chi connectivity index (χ3n) is 6.74. The molecule has 1 unspecified atom stereocenters. The Balaban J connectivity index is 1.45. The zero-order chi connectivity index (χ0) is 25.1. The summed E-state index contributed by atoms with van der Waals surface area (Å²) in [5.74, 6) is -1.61. The zero-order valence-corrected chi connectivity index (χ0v) is 19.8. The van der Waals surface area contributed by atoms with Crippen LogP contribution in [0.15, 0.2) is 72.8 Å². The third kappa shape index (κ3) is 4.95. The summed E-state index contributed by atoms with van der Waals surface area (Å²) in [5, 5.41) is 14.6. The van der Waals surface area contributed by atoms with Gasteiger partial charge in [0.15, 0.2) is 17.4 Å². The molecule has 0 aromatic heterocycles. The number of piperidine rings is 1. The molecule has 0 aliphatic carbocycles. The number of carbonyl (C=O) groups excluding carboxylic acids is 1. The van der Waals surface area contributed by atoms with Crippen molar-refractivity contribution in [1.29, 1.82) is 0 Å². The maximum atomic E-state index is 14.8. The summed E-state index contributed by atoms with van der Waals surface area (Å²) in [6, 6.07) is 19.2. The van der Waals surface area contributed by atoms with Crippen LogP contribution in [-0.2, 0) is 0 Å². The largest absolute Gasteiger partial charge is 0.508 e. The summed E-state index contributed by atoms with van der Waals surface area (Å²) in [6.45, 7) is 1.64. The quantitative estimate of drug-likeness (QED) is 0.287. The minimum Gasteiger partial charge on any atom is -0.508 e. The summed E-state index contributed by atoms with van der Waals surface area (Å²) in [7, 11) is 0. The molecule has 1 atom stereocenters. The molecule has 1 aliphatic rings. The van der Waals surface area contributed by atoms with E-state index in [1.54, 1.807) is 42.5 Å². The average Bonchev–Trinajstić information content (AvgIpc) is 2.90. The molecule has 4 aromatic carbocycles. The van der Waals surface area contributed by atoms with Gasteiger partial charge in [-0.1, -0.05) is 30.7 Å². The second-order valence-electron chi connectivity index (χ2n) is 9.13. The first-order valence-corrected chi connectivity index (χ1v) is 12.2. The number of halogens is 2. The average molecular weight is 488 g/mol. The van der Waals surface area contributed by atoms with Crippen LogP contribution in [-0.4, -0.2) is 30.1 Å². The molecule has 1 aliphatic heterocycles. The van der Waals surface area contributed by atoms with E-state index in [1.165, 1.54) is 37.1 Å². The predicted molar refractivity (Wildman–Crippen MR) is 137 cm³/mol. The number of carbonyl (C=O) groups is 1. The van der Waals surface area contributed by atoms with Crippen molar-refractivity contribution in [2.75, 3.05) is 13.2 Å². The summed E-state index contributed by atoms with van der Waals surface area (Å²) < 4.78 is 34.7. The number of phenols is 1. The molecular weight excluding hydrogens is 460 g/mol. The van der Waals surface area contributed by atoms with Gasteiger partial charge in [-0.05, 0) is 90.7 Å². The van der Waals surface area contributed by atoms with E-state index in [-0.39, 0.29) is 28.2 Å². The molecule has 0 saturated carbocycles. The van der Waals surface area contributed by atoms with Crippen LogP contribution < -0.4 is 10.1 Å². The minimum atomic E-state index is -1.01. The Labute approximate surface area is 208 Å². The normalized spacial score (nSPS) is 15.7. The Morgan fingerprint density at radius 3 is 2.58 bits per heavy atom. The van der Waals surface area contributed by atoms with Gasteiger partial charge in [0.2, 0.25) is 0 Å². The Hall–Kier alpha value is -3.77. The van der Waals surface area contributed by atoms with E-state index in [0.717, 1.165) is 25.5 Å². The van der Waals surface area contributed by atoms with Crippen molar-refractivity contribution in [3.8, 4) is 22.6 Å². The van der Waals surface area contributed by atoms with Crippen molar-refractivity contribution in [1.82, 2.24) is 5.32 Å². The highest BCUT2D eigenvalue weighted by molar-refractivity contribution is 6.20. The fourth-order valence-electron chi connectivity index (χ4n) is 4.83. The lowest BCUT2D eigenvalue weighted by Gasteiger charge is -2.23. The standard InChI is InChI=1S/C30H27F2NO3/c31-27-6-3-5-26(29(27)32)25-13-9-20-18-22(34)10-14-24(20)28(25)30(35)19-7-11-23(12-8-19)36-17-15-21-4-1-2-16-33-21/h3,5-14,18,21,33-34H,1-2,4,15-17H2. The van der Waals surface area contributed by atoms with Crippen LogP contribution in [0.2, 0.25) is 0 Å². The molecule has 1 fully saturated rings. The van der Waals surface area contributed by atoms with Crippen molar-refractivity contribution >= 4 is 16.6 Å². The van der Waals surface area contributed by atoms with Crippen LogP contribution in [0.25, 0.3) is 21.9 Å². The first-order valence-electron chi connectivity index (χ1n) is 12.2. The smallest absolute Gasteiger partial charge is 0.194 e. The highest BCUT2D eigenvalue weighted by Gasteiger charge is 2.22. The first-order chi connectivity index (χ1) is 17.5. The predicted octanol–water partition coefficient (Wildman–Crippen LogP) is 6.63. The maximum Gasteiger partial charge on any atom is 0.194 e. The molecule has 0 amide bonds. The van der Waals surface area contributed by atoms with Crippen LogP contribution >= 0.6 is 0 Å². The second-order valence-corrected chi connectivity index (χ2v) is 9.13. The Morgan fingerprint density at radius 2 is 1.81 bits per heavy atom. The van der Waals surface area contributed by atoms with E-state index in [2.05, 4.69) is 5.32 Å².